The van der Waals surface area contributed by atoms with E-state index in [1.165, 1.54) is 12.8 Å². The third-order valence-electron chi connectivity index (χ3n) is 1.09. The molecule has 1 heteroatoms. The fourth-order valence-electron chi connectivity index (χ4n) is 0.430. The normalized spacial score (nSPS) is 22.6. The number of rotatable bonds is 1. The molecule has 1 aliphatic rings. The second-order valence-electron chi connectivity index (χ2n) is 1.67. The average molecular weight is 66.9 g/mol. The first-order valence-electron chi connectivity index (χ1n) is 2.23. The quantitative estimate of drug-likeness (QED) is 0.405. The molecule has 1 rings (SSSR count). The first kappa shape index (κ1) is 3.26. The van der Waals surface area contributed by atoms with Crippen molar-refractivity contribution >= 4 is 7.28 Å². The third kappa shape index (κ3) is 0.676. The SMILES string of the molecule is C[B]C1CC1. The van der Waals surface area contributed by atoms with Crippen molar-refractivity contribution in [1.29, 1.82) is 0 Å². The van der Waals surface area contributed by atoms with Gasteiger partial charge >= 0.3 is 0 Å². The van der Waals surface area contributed by atoms with E-state index in [9.17, 15) is 0 Å². The topological polar surface area (TPSA) is 0 Å². The summed E-state index contributed by atoms with van der Waals surface area (Å²) in [4.78, 5) is 0. The van der Waals surface area contributed by atoms with Crippen LogP contribution in [-0.2, 0) is 0 Å². The fourth-order valence-corrected chi connectivity index (χ4v) is 0.430. The Balaban J connectivity index is 2.00. The van der Waals surface area contributed by atoms with Gasteiger partial charge < -0.3 is 0 Å². The van der Waals surface area contributed by atoms with E-state index in [-0.39, 0.29) is 0 Å². The minimum Gasteiger partial charge on any atom is -0.0917 e. The van der Waals surface area contributed by atoms with Gasteiger partial charge in [-0.3, -0.25) is 0 Å². The van der Waals surface area contributed by atoms with Crippen LogP contribution in [0.1, 0.15) is 12.8 Å². The van der Waals surface area contributed by atoms with Crippen LogP contribution < -0.4 is 0 Å². The van der Waals surface area contributed by atoms with Gasteiger partial charge in [0.05, 0.1) is 0 Å². The Morgan fingerprint density at radius 2 is 2.20 bits per heavy atom. The van der Waals surface area contributed by atoms with Crippen molar-refractivity contribution in [2.45, 2.75) is 25.5 Å². The first-order valence-corrected chi connectivity index (χ1v) is 2.23. The lowest BCUT2D eigenvalue weighted by molar-refractivity contribution is 1.44. The van der Waals surface area contributed by atoms with Gasteiger partial charge in [-0.05, 0) is 0 Å². The van der Waals surface area contributed by atoms with E-state index in [1.54, 1.807) is 0 Å². The molecule has 0 atom stereocenters. The molecular formula is C4H8B. The Hall–Kier alpha value is 0.0649. The molecule has 1 saturated carbocycles. The summed E-state index contributed by atoms with van der Waals surface area (Å²) in [5.41, 5.74) is 0. The molecule has 0 heterocycles. The van der Waals surface area contributed by atoms with E-state index in [0.717, 1.165) is 5.82 Å². The van der Waals surface area contributed by atoms with E-state index in [0.29, 0.717) is 0 Å². The van der Waals surface area contributed by atoms with E-state index in [1.807, 2.05) is 0 Å². The Labute approximate surface area is 33.8 Å². The lowest BCUT2D eigenvalue weighted by Crippen LogP contribution is -1.71. The highest BCUT2D eigenvalue weighted by Crippen LogP contribution is 2.34. The second kappa shape index (κ2) is 1.04. The summed E-state index contributed by atoms with van der Waals surface area (Å²) in [6.07, 6.45) is 2.91. The molecule has 27 valence electrons. The van der Waals surface area contributed by atoms with Crippen LogP contribution in [0.25, 0.3) is 0 Å². The summed E-state index contributed by atoms with van der Waals surface area (Å²) in [6, 6.07) is 0. The van der Waals surface area contributed by atoms with Crippen LogP contribution in [-0.4, -0.2) is 7.28 Å². The van der Waals surface area contributed by atoms with Crippen molar-refractivity contribution in [3.05, 3.63) is 0 Å². The van der Waals surface area contributed by atoms with Crippen molar-refractivity contribution in [2.24, 2.45) is 0 Å². The van der Waals surface area contributed by atoms with Crippen LogP contribution in [0.4, 0.5) is 0 Å². The molecule has 5 heavy (non-hydrogen) atoms. The van der Waals surface area contributed by atoms with Crippen LogP contribution in [0.2, 0.25) is 12.6 Å². The minimum atomic E-state index is 1.01. The molecule has 0 N–H and O–H groups in total. The number of hydrogen-bond acceptors (Lipinski definition) is 0. The van der Waals surface area contributed by atoms with Crippen LogP contribution >= 0.6 is 0 Å². The molecule has 0 saturated heterocycles. The summed E-state index contributed by atoms with van der Waals surface area (Å²) in [5, 5.41) is 0. The van der Waals surface area contributed by atoms with Gasteiger partial charge in [0.15, 0.2) is 0 Å². The summed E-state index contributed by atoms with van der Waals surface area (Å²) >= 11 is 0. The van der Waals surface area contributed by atoms with Gasteiger partial charge in [0.2, 0.25) is 0 Å². The molecule has 1 fully saturated rings. The maximum atomic E-state index is 2.28. The first-order chi connectivity index (χ1) is 2.43. The summed E-state index contributed by atoms with van der Waals surface area (Å²) < 4.78 is 0. The second-order valence-corrected chi connectivity index (χ2v) is 1.67. The molecule has 0 aromatic heterocycles. The third-order valence-corrected chi connectivity index (χ3v) is 1.09. The van der Waals surface area contributed by atoms with E-state index >= 15 is 0 Å². The summed E-state index contributed by atoms with van der Waals surface area (Å²) in [5.74, 6) is 1.01. The maximum Gasteiger partial charge on any atom is 0.110 e. The van der Waals surface area contributed by atoms with E-state index in [4.69, 9.17) is 0 Å². The predicted molar refractivity (Wildman–Crippen MR) is 24.6 cm³/mol. The summed E-state index contributed by atoms with van der Waals surface area (Å²) in [7, 11) is 2.28. The van der Waals surface area contributed by atoms with Gasteiger partial charge in [-0.1, -0.05) is 25.5 Å². The molecule has 0 bridgehead atoms. The van der Waals surface area contributed by atoms with Gasteiger partial charge in [0.25, 0.3) is 0 Å². The van der Waals surface area contributed by atoms with E-state index in [2.05, 4.69) is 14.1 Å². The minimum absolute atomic E-state index is 1.01. The highest BCUT2D eigenvalue weighted by atomic mass is 14.1. The van der Waals surface area contributed by atoms with Crippen molar-refractivity contribution in [1.82, 2.24) is 0 Å². The van der Waals surface area contributed by atoms with Crippen LogP contribution in [0.5, 0.6) is 0 Å². The molecule has 0 aromatic rings. The zero-order valence-electron chi connectivity index (χ0n) is 3.57. The molecule has 1 radical (unpaired) electrons. The zero-order valence-corrected chi connectivity index (χ0v) is 3.57. The Morgan fingerprint density at radius 1 is 1.60 bits per heavy atom. The smallest absolute Gasteiger partial charge is 0.0917 e. The van der Waals surface area contributed by atoms with Crippen LogP contribution in [0, 0.1) is 0 Å². The van der Waals surface area contributed by atoms with Gasteiger partial charge in [-0.2, -0.15) is 0 Å². The molecule has 0 nitrogen and oxygen atoms in total. The van der Waals surface area contributed by atoms with Crippen LogP contribution in [0.3, 0.4) is 0 Å². The molecule has 0 spiro atoms. The predicted octanol–water partition coefficient (Wildman–Crippen LogP) is 1.32. The molecule has 0 aliphatic heterocycles. The number of hydrogen-bond donors (Lipinski definition) is 0. The largest absolute Gasteiger partial charge is 0.110 e. The highest BCUT2D eigenvalue weighted by Gasteiger charge is 2.17. The maximum absolute atomic E-state index is 2.28. The monoisotopic (exact) mass is 67.1 g/mol. The van der Waals surface area contributed by atoms with Gasteiger partial charge in [0.1, 0.15) is 7.28 Å². The van der Waals surface area contributed by atoms with Crippen molar-refractivity contribution in [3.63, 3.8) is 0 Å². The van der Waals surface area contributed by atoms with Gasteiger partial charge in [-0.25, -0.2) is 0 Å². The Bertz CT molecular complexity index is 30.6. The van der Waals surface area contributed by atoms with Crippen molar-refractivity contribution < 1.29 is 0 Å². The molecular weight excluding hydrogens is 58.9 g/mol. The lowest BCUT2D eigenvalue weighted by Gasteiger charge is -1.69. The fraction of sp³-hybridized carbons (Fsp3) is 1.00. The van der Waals surface area contributed by atoms with Gasteiger partial charge in [0, 0.05) is 0 Å². The zero-order chi connectivity index (χ0) is 3.70. The average Bonchev–Trinajstić information content (AvgIpc) is 2.12. The Kier molecular flexibility index (Phi) is 0.677. The van der Waals surface area contributed by atoms with Gasteiger partial charge in [-0.15, -0.1) is 0 Å². The van der Waals surface area contributed by atoms with Crippen LogP contribution in [0.15, 0.2) is 0 Å². The molecule has 0 amide bonds. The lowest BCUT2D eigenvalue weighted by atomic mass is 9.76. The summed E-state index contributed by atoms with van der Waals surface area (Å²) in [6.45, 7) is 2.14. The molecule has 0 unspecified atom stereocenters. The Morgan fingerprint density at radius 3 is 2.20 bits per heavy atom. The highest BCUT2D eigenvalue weighted by molar-refractivity contribution is 6.36. The standard InChI is InChI=1S/C4H8B/c1-5-4-2-3-4/h4H,2-3H2,1H3. The van der Waals surface area contributed by atoms with Crippen molar-refractivity contribution in [3.8, 4) is 0 Å². The van der Waals surface area contributed by atoms with E-state index < -0.39 is 0 Å². The molecule has 0 aromatic carbocycles. The van der Waals surface area contributed by atoms with Crippen molar-refractivity contribution in [2.75, 3.05) is 0 Å². The molecule has 1 aliphatic carbocycles.